The van der Waals surface area contributed by atoms with Gasteiger partial charge in [-0.2, -0.15) is 14.6 Å². The molecule has 0 N–H and O–H groups in total. The van der Waals surface area contributed by atoms with Gasteiger partial charge in [-0.3, -0.25) is 4.68 Å². The average molecular weight is 457 g/mol. The monoisotopic (exact) mass is 456 g/mol. The normalized spacial score (nSPS) is 14.3. The van der Waals surface area contributed by atoms with Gasteiger partial charge < -0.3 is 9.80 Å². The molecular weight excluding hydrogens is 432 g/mol. The Morgan fingerprint density at radius 2 is 1.67 bits per heavy atom. The van der Waals surface area contributed by atoms with Gasteiger partial charge in [0.1, 0.15) is 5.01 Å². The molecule has 166 valence electrons. The van der Waals surface area contributed by atoms with Gasteiger partial charge in [-0.1, -0.05) is 36.4 Å². The zero-order valence-corrected chi connectivity index (χ0v) is 19.2. The van der Waals surface area contributed by atoms with E-state index in [2.05, 4.69) is 67.0 Å². The van der Waals surface area contributed by atoms with E-state index in [1.807, 2.05) is 40.9 Å². The van der Waals surface area contributed by atoms with Crippen LogP contribution in [0.15, 0.2) is 67.3 Å². The Hall–Kier alpha value is -3.72. The van der Waals surface area contributed by atoms with Gasteiger partial charge in [0.25, 0.3) is 0 Å². The molecule has 1 aromatic carbocycles. The molecule has 0 aliphatic carbocycles. The van der Waals surface area contributed by atoms with Crippen molar-refractivity contribution in [3.05, 3.63) is 77.8 Å². The molecule has 0 saturated carbocycles. The largest absolute Gasteiger partial charge is 0.365 e. The summed E-state index contributed by atoms with van der Waals surface area (Å²) in [5, 5.41) is 9.95. The highest BCUT2D eigenvalue weighted by atomic mass is 32.1. The second-order valence-corrected chi connectivity index (χ2v) is 9.14. The molecule has 33 heavy (non-hydrogen) atoms. The van der Waals surface area contributed by atoms with Crippen LogP contribution in [-0.2, 0) is 13.5 Å². The van der Waals surface area contributed by atoms with E-state index in [-0.39, 0.29) is 0 Å². The number of hydrogen-bond acceptors (Lipinski definition) is 7. The second kappa shape index (κ2) is 8.32. The van der Waals surface area contributed by atoms with Crippen molar-refractivity contribution in [3.8, 4) is 11.1 Å². The summed E-state index contributed by atoms with van der Waals surface area (Å²) in [6.45, 7) is 3.62. The second-order valence-electron chi connectivity index (χ2n) is 8.30. The van der Waals surface area contributed by atoms with E-state index in [0.717, 1.165) is 60.2 Å². The number of hydrogen-bond donors (Lipinski definition) is 0. The Morgan fingerprint density at radius 3 is 2.45 bits per heavy atom. The van der Waals surface area contributed by atoms with E-state index in [4.69, 9.17) is 4.98 Å². The van der Waals surface area contributed by atoms with E-state index < -0.39 is 0 Å². The van der Waals surface area contributed by atoms with Gasteiger partial charge in [-0.05, 0) is 23.2 Å². The molecule has 1 aliphatic heterocycles. The number of aryl methyl sites for hydroxylation is 1. The predicted octanol–water partition coefficient (Wildman–Crippen LogP) is 3.50. The SMILES string of the molecule is Cn1cc(-c2ccc3c(N4CCN(c5nsc(Cc6ccccc6)n5)CC4)cnn3c2)cn1. The summed E-state index contributed by atoms with van der Waals surface area (Å²) in [6.07, 6.45) is 8.77. The van der Waals surface area contributed by atoms with Crippen LogP contribution in [0.4, 0.5) is 11.6 Å². The third-order valence-electron chi connectivity index (χ3n) is 6.09. The molecule has 1 aliphatic rings. The lowest BCUT2D eigenvalue weighted by molar-refractivity contribution is 0.644. The van der Waals surface area contributed by atoms with Gasteiger partial charge in [0.15, 0.2) is 0 Å². The molecule has 0 spiro atoms. The van der Waals surface area contributed by atoms with Crippen molar-refractivity contribution in [2.75, 3.05) is 36.0 Å². The molecule has 4 aromatic heterocycles. The standard InChI is InChI=1S/C24H24N8S/c1-29-16-20(14-25-29)19-7-8-21-22(15-26-32(21)17-19)30-9-11-31(12-10-30)24-27-23(33-28-24)13-18-5-3-2-4-6-18/h2-8,14-17H,9-13H2,1H3. The van der Waals surface area contributed by atoms with Gasteiger partial charge >= 0.3 is 0 Å². The summed E-state index contributed by atoms with van der Waals surface area (Å²) < 4.78 is 8.40. The van der Waals surface area contributed by atoms with E-state index in [1.54, 1.807) is 0 Å². The Balaban J connectivity index is 1.14. The Kier molecular flexibility index (Phi) is 5.03. The fraction of sp³-hybridized carbons (Fsp3) is 0.250. The van der Waals surface area contributed by atoms with Crippen LogP contribution >= 0.6 is 11.5 Å². The maximum absolute atomic E-state index is 4.80. The molecule has 9 heteroatoms. The molecule has 1 saturated heterocycles. The van der Waals surface area contributed by atoms with Crippen LogP contribution in [0.1, 0.15) is 10.6 Å². The summed E-state index contributed by atoms with van der Waals surface area (Å²) in [5.74, 6) is 0.853. The lowest BCUT2D eigenvalue weighted by Crippen LogP contribution is -2.46. The first-order valence-electron chi connectivity index (χ1n) is 11.1. The van der Waals surface area contributed by atoms with Gasteiger partial charge in [0.2, 0.25) is 5.95 Å². The molecular formula is C24H24N8S. The van der Waals surface area contributed by atoms with Crippen molar-refractivity contribution in [2.24, 2.45) is 7.05 Å². The van der Waals surface area contributed by atoms with Crippen molar-refractivity contribution in [3.63, 3.8) is 0 Å². The fourth-order valence-corrected chi connectivity index (χ4v) is 5.02. The highest BCUT2D eigenvalue weighted by molar-refractivity contribution is 7.05. The Labute approximate surface area is 195 Å². The van der Waals surface area contributed by atoms with Crippen molar-refractivity contribution in [1.82, 2.24) is 28.8 Å². The van der Waals surface area contributed by atoms with E-state index in [0.29, 0.717) is 0 Å². The van der Waals surface area contributed by atoms with Crippen LogP contribution in [0.3, 0.4) is 0 Å². The third kappa shape index (κ3) is 3.95. The van der Waals surface area contributed by atoms with Crippen molar-refractivity contribution < 1.29 is 0 Å². The van der Waals surface area contributed by atoms with Crippen molar-refractivity contribution >= 4 is 28.7 Å². The number of fused-ring (bicyclic) bond motifs is 1. The summed E-state index contributed by atoms with van der Waals surface area (Å²) in [5.41, 5.74) is 5.75. The molecule has 0 bridgehead atoms. The first-order chi connectivity index (χ1) is 16.2. The summed E-state index contributed by atoms with van der Waals surface area (Å²) >= 11 is 1.50. The molecule has 0 radical (unpaired) electrons. The van der Waals surface area contributed by atoms with Crippen molar-refractivity contribution in [2.45, 2.75) is 6.42 Å². The van der Waals surface area contributed by atoms with Crippen LogP contribution in [-0.4, -0.2) is 54.9 Å². The molecule has 0 amide bonds. The maximum Gasteiger partial charge on any atom is 0.237 e. The van der Waals surface area contributed by atoms with Crippen LogP contribution < -0.4 is 9.80 Å². The lowest BCUT2D eigenvalue weighted by atomic mass is 10.1. The number of pyridine rings is 1. The first kappa shape index (κ1) is 19.9. The van der Waals surface area contributed by atoms with Crippen LogP contribution in [0.2, 0.25) is 0 Å². The van der Waals surface area contributed by atoms with E-state index >= 15 is 0 Å². The minimum Gasteiger partial charge on any atom is -0.365 e. The van der Waals surface area contributed by atoms with Gasteiger partial charge in [0.05, 0.1) is 23.6 Å². The number of piperazine rings is 1. The Bertz CT molecular complexity index is 1380. The molecule has 1 fully saturated rings. The third-order valence-corrected chi connectivity index (χ3v) is 6.79. The number of rotatable bonds is 5. The number of aromatic nitrogens is 6. The quantitative estimate of drug-likeness (QED) is 0.403. The summed E-state index contributed by atoms with van der Waals surface area (Å²) in [6, 6.07) is 14.7. The maximum atomic E-state index is 4.80. The highest BCUT2D eigenvalue weighted by Gasteiger charge is 2.22. The molecule has 6 rings (SSSR count). The Morgan fingerprint density at radius 1 is 0.848 bits per heavy atom. The molecule has 5 heterocycles. The molecule has 0 unspecified atom stereocenters. The van der Waals surface area contributed by atoms with Gasteiger partial charge in [0, 0.05) is 63.2 Å². The zero-order chi connectivity index (χ0) is 22.2. The predicted molar refractivity (Wildman–Crippen MR) is 131 cm³/mol. The smallest absolute Gasteiger partial charge is 0.237 e. The topological polar surface area (TPSA) is 67.4 Å². The van der Waals surface area contributed by atoms with E-state index in [9.17, 15) is 0 Å². The first-order valence-corrected chi connectivity index (χ1v) is 11.8. The van der Waals surface area contributed by atoms with Gasteiger partial charge in [-0.25, -0.2) is 9.50 Å². The fourth-order valence-electron chi connectivity index (χ4n) is 4.32. The van der Waals surface area contributed by atoms with Crippen LogP contribution in [0.5, 0.6) is 0 Å². The summed E-state index contributed by atoms with van der Waals surface area (Å²) in [7, 11) is 1.93. The lowest BCUT2D eigenvalue weighted by Gasteiger charge is -2.35. The molecule has 8 nitrogen and oxygen atoms in total. The van der Waals surface area contributed by atoms with E-state index in [1.165, 1.54) is 22.8 Å². The minimum atomic E-state index is 0.835. The van der Waals surface area contributed by atoms with Crippen LogP contribution in [0.25, 0.3) is 16.6 Å². The number of benzene rings is 1. The molecule has 5 aromatic rings. The number of anilines is 2. The average Bonchev–Trinajstić information content (AvgIpc) is 3.59. The summed E-state index contributed by atoms with van der Waals surface area (Å²) in [4.78, 5) is 9.49. The number of nitrogens with zero attached hydrogens (tertiary/aromatic N) is 8. The highest BCUT2D eigenvalue weighted by Crippen LogP contribution is 2.27. The molecule has 0 atom stereocenters. The van der Waals surface area contributed by atoms with Crippen LogP contribution in [0, 0.1) is 0 Å². The minimum absolute atomic E-state index is 0.835. The zero-order valence-electron chi connectivity index (χ0n) is 18.4. The van der Waals surface area contributed by atoms with Gasteiger partial charge in [-0.15, -0.1) is 0 Å². The van der Waals surface area contributed by atoms with Crippen molar-refractivity contribution in [1.29, 1.82) is 0 Å².